The maximum absolute atomic E-state index is 12.5. The summed E-state index contributed by atoms with van der Waals surface area (Å²) in [7, 11) is 1.59. The maximum Gasteiger partial charge on any atom is 0.267 e. The molecule has 0 radical (unpaired) electrons. The quantitative estimate of drug-likeness (QED) is 0.694. The van der Waals surface area contributed by atoms with Gasteiger partial charge in [-0.05, 0) is 38.1 Å². The Bertz CT molecular complexity index is 888. The number of amides is 1. The molecular weight excluding hydrogens is 334 g/mol. The van der Waals surface area contributed by atoms with Gasteiger partial charge in [0, 0.05) is 17.4 Å². The van der Waals surface area contributed by atoms with E-state index in [2.05, 4.69) is 15.6 Å². The summed E-state index contributed by atoms with van der Waals surface area (Å²) in [6.45, 7) is 3.87. The number of ether oxygens (including phenoxy) is 1. The minimum absolute atomic E-state index is 0.180. The molecule has 3 aromatic rings. The van der Waals surface area contributed by atoms with Crippen LogP contribution in [0.1, 0.15) is 20.9 Å². The van der Waals surface area contributed by atoms with Crippen LogP contribution in [-0.4, -0.2) is 18.0 Å². The monoisotopic (exact) mass is 353 g/mol. The van der Waals surface area contributed by atoms with Gasteiger partial charge in [0.05, 0.1) is 12.8 Å². The van der Waals surface area contributed by atoms with Gasteiger partial charge < -0.3 is 15.4 Å². The lowest BCUT2D eigenvalue weighted by atomic mass is 10.2. The Morgan fingerprint density at radius 2 is 1.84 bits per heavy atom. The highest BCUT2D eigenvalue weighted by molar-refractivity contribution is 7.17. The molecular formula is C19H19N3O2S. The molecule has 0 aliphatic rings. The van der Waals surface area contributed by atoms with E-state index >= 15 is 0 Å². The van der Waals surface area contributed by atoms with Crippen LogP contribution in [0.15, 0.2) is 48.5 Å². The van der Waals surface area contributed by atoms with Gasteiger partial charge in [-0.2, -0.15) is 0 Å². The Morgan fingerprint density at radius 3 is 2.56 bits per heavy atom. The highest BCUT2D eigenvalue weighted by atomic mass is 32.1. The van der Waals surface area contributed by atoms with E-state index < -0.39 is 0 Å². The van der Waals surface area contributed by atoms with Crippen LogP contribution in [0, 0.1) is 13.8 Å². The molecule has 3 rings (SSSR count). The van der Waals surface area contributed by atoms with Crippen molar-refractivity contribution in [3.05, 3.63) is 64.7 Å². The lowest BCUT2D eigenvalue weighted by molar-refractivity contribution is 0.103. The summed E-state index contributed by atoms with van der Waals surface area (Å²) in [6, 6.07) is 15.3. The molecule has 5 nitrogen and oxygen atoms in total. The molecule has 0 aliphatic carbocycles. The summed E-state index contributed by atoms with van der Waals surface area (Å²) in [5, 5.41) is 6.81. The average Bonchev–Trinajstić information content (AvgIpc) is 2.97. The lowest BCUT2D eigenvalue weighted by Gasteiger charge is -2.06. The van der Waals surface area contributed by atoms with Crippen molar-refractivity contribution in [2.75, 3.05) is 17.7 Å². The first-order valence-corrected chi connectivity index (χ1v) is 8.63. The third-order valence-electron chi connectivity index (χ3n) is 3.63. The Hall–Kier alpha value is -2.86. The normalized spacial score (nSPS) is 10.4. The first kappa shape index (κ1) is 17.0. The van der Waals surface area contributed by atoms with Crippen LogP contribution < -0.4 is 15.4 Å². The van der Waals surface area contributed by atoms with Crippen molar-refractivity contribution in [1.82, 2.24) is 4.98 Å². The number of nitrogens with zero attached hydrogens (tertiary/aromatic N) is 1. The fourth-order valence-electron chi connectivity index (χ4n) is 2.31. The lowest BCUT2D eigenvalue weighted by Crippen LogP contribution is -2.11. The zero-order chi connectivity index (χ0) is 17.8. The number of aryl methyl sites for hydroxylation is 2. The standard InChI is InChI=1S/C19H19N3O2S/c1-12-7-9-14(10-8-12)22-19-20-13(2)17(25-19)18(23)21-15-5-4-6-16(11-15)24-3/h4-11H,1-3H3,(H,20,22)(H,21,23). The van der Waals surface area contributed by atoms with Crippen LogP contribution in [0.25, 0.3) is 0 Å². The summed E-state index contributed by atoms with van der Waals surface area (Å²) in [6.07, 6.45) is 0. The number of carbonyl (C=O) groups excluding carboxylic acids is 1. The molecule has 2 N–H and O–H groups in total. The number of methoxy groups -OCH3 is 1. The van der Waals surface area contributed by atoms with Crippen LogP contribution in [0.5, 0.6) is 5.75 Å². The van der Waals surface area contributed by atoms with Crippen molar-refractivity contribution in [2.24, 2.45) is 0 Å². The van der Waals surface area contributed by atoms with Crippen molar-refractivity contribution in [1.29, 1.82) is 0 Å². The summed E-state index contributed by atoms with van der Waals surface area (Å²) in [4.78, 5) is 17.6. The Morgan fingerprint density at radius 1 is 1.08 bits per heavy atom. The van der Waals surface area contributed by atoms with E-state index in [0.29, 0.717) is 27.1 Å². The van der Waals surface area contributed by atoms with Crippen molar-refractivity contribution < 1.29 is 9.53 Å². The summed E-state index contributed by atoms with van der Waals surface area (Å²) in [5.41, 5.74) is 3.52. The second-order valence-electron chi connectivity index (χ2n) is 5.61. The van der Waals surface area contributed by atoms with Gasteiger partial charge >= 0.3 is 0 Å². The molecule has 6 heteroatoms. The van der Waals surface area contributed by atoms with Crippen molar-refractivity contribution in [2.45, 2.75) is 13.8 Å². The number of anilines is 3. The molecule has 128 valence electrons. The third-order valence-corrected chi connectivity index (χ3v) is 4.70. The number of hydrogen-bond donors (Lipinski definition) is 2. The zero-order valence-corrected chi connectivity index (χ0v) is 15.1. The number of hydrogen-bond acceptors (Lipinski definition) is 5. The second-order valence-corrected chi connectivity index (χ2v) is 6.61. The van der Waals surface area contributed by atoms with Gasteiger partial charge in [-0.25, -0.2) is 4.98 Å². The first-order valence-electron chi connectivity index (χ1n) is 7.81. The van der Waals surface area contributed by atoms with Gasteiger partial charge in [0.15, 0.2) is 5.13 Å². The van der Waals surface area contributed by atoms with Gasteiger partial charge in [0.1, 0.15) is 10.6 Å². The molecule has 0 unspecified atom stereocenters. The molecule has 25 heavy (non-hydrogen) atoms. The molecule has 1 aromatic heterocycles. The minimum atomic E-state index is -0.180. The third kappa shape index (κ3) is 4.16. The molecule has 1 amide bonds. The van der Waals surface area contributed by atoms with E-state index in [1.54, 1.807) is 13.2 Å². The van der Waals surface area contributed by atoms with Crippen LogP contribution in [-0.2, 0) is 0 Å². The van der Waals surface area contributed by atoms with Crippen LogP contribution in [0.4, 0.5) is 16.5 Å². The molecule has 0 saturated carbocycles. The number of thiazole rings is 1. The largest absolute Gasteiger partial charge is 0.497 e. The molecule has 2 aromatic carbocycles. The first-order chi connectivity index (χ1) is 12.0. The predicted octanol–water partition coefficient (Wildman–Crippen LogP) is 4.76. The van der Waals surface area contributed by atoms with Gasteiger partial charge in [0.25, 0.3) is 5.91 Å². The van der Waals surface area contributed by atoms with E-state index in [4.69, 9.17) is 4.74 Å². The smallest absolute Gasteiger partial charge is 0.267 e. The van der Waals surface area contributed by atoms with E-state index in [0.717, 1.165) is 5.69 Å². The Balaban J connectivity index is 1.74. The van der Waals surface area contributed by atoms with Crippen LogP contribution in [0.3, 0.4) is 0 Å². The van der Waals surface area contributed by atoms with Crippen LogP contribution >= 0.6 is 11.3 Å². The topological polar surface area (TPSA) is 63.2 Å². The van der Waals surface area contributed by atoms with Crippen molar-refractivity contribution in [3.63, 3.8) is 0 Å². The molecule has 0 fully saturated rings. The summed E-state index contributed by atoms with van der Waals surface area (Å²) in [5.74, 6) is 0.515. The highest BCUT2D eigenvalue weighted by Crippen LogP contribution is 2.27. The Kier molecular flexibility index (Phi) is 5.00. The second kappa shape index (κ2) is 7.36. The van der Waals surface area contributed by atoms with E-state index in [1.807, 2.05) is 56.3 Å². The molecule has 0 bridgehead atoms. The molecule has 0 atom stereocenters. The van der Waals surface area contributed by atoms with E-state index in [-0.39, 0.29) is 5.91 Å². The van der Waals surface area contributed by atoms with Gasteiger partial charge in [-0.15, -0.1) is 0 Å². The predicted molar refractivity (Wildman–Crippen MR) is 102 cm³/mol. The molecule has 0 spiro atoms. The van der Waals surface area contributed by atoms with Crippen molar-refractivity contribution >= 4 is 33.8 Å². The van der Waals surface area contributed by atoms with E-state index in [9.17, 15) is 4.79 Å². The number of rotatable bonds is 5. The Labute approximate surface area is 150 Å². The van der Waals surface area contributed by atoms with Gasteiger partial charge in [-0.3, -0.25) is 4.79 Å². The minimum Gasteiger partial charge on any atom is -0.497 e. The summed E-state index contributed by atoms with van der Waals surface area (Å²) >= 11 is 1.33. The van der Waals surface area contributed by atoms with Crippen molar-refractivity contribution in [3.8, 4) is 5.75 Å². The summed E-state index contributed by atoms with van der Waals surface area (Å²) < 4.78 is 5.17. The fourth-order valence-corrected chi connectivity index (χ4v) is 3.19. The molecule has 1 heterocycles. The number of aromatic nitrogens is 1. The average molecular weight is 353 g/mol. The number of benzene rings is 2. The van der Waals surface area contributed by atoms with Gasteiger partial charge in [-0.1, -0.05) is 35.1 Å². The fraction of sp³-hybridized carbons (Fsp3) is 0.158. The maximum atomic E-state index is 12.5. The van der Waals surface area contributed by atoms with Crippen LogP contribution in [0.2, 0.25) is 0 Å². The SMILES string of the molecule is COc1cccc(NC(=O)c2sc(Nc3ccc(C)cc3)nc2C)c1. The molecule has 0 saturated heterocycles. The number of nitrogens with one attached hydrogen (secondary N) is 2. The highest BCUT2D eigenvalue weighted by Gasteiger charge is 2.16. The van der Waals surface area contributed by atoms with Gasteiger partial charge in [0.2, 0.25) is 0 Å². The zero-order valence-electron chi connectivity index (χ0n) is 14.3. The number of carbonyl (C=O) groups is 1. The molecule has 0 aliphatic heterocycles. The van der Waals surface area contributed by atoms with E-state index in [1.165, 1.54) is 16.9 Å².